The molecule has 4 nitrogen and oxygen atoms in total. The topological polar surface area (TPSA) is 32.8 Å². The van der Waals surface area contributed by atoms with Crippen LogP contribution in [0.5, 0.6) is 0 Å². The highest BCUT2D eigenvalue weighted by atomic mass is 35.5. The molecule has 1 atom stereocenters. The SMILES string of the molecule is CN(Cc1ccccc1F)C(=O)CN1CCO[C@@H](c2ccc(Cl)cc2)C1. The molecule has 6 heteroatoms. The number of carbonyl (C=O) groups is 1. The van der Waals surface area contributed by atoms with E-state index in [4.69, 9.17) is 16.3 Å². The summed E-state index contributed by atoms with van der Waals surface area (Å²) in [5.74, 6) is -0.327. The fourth-order valence-electron chi connectivity index (χ4n) is 3.01. The maximum absolute atomic E-state index is 13.8. The fourth-order valence-corrected chi connectivity index (χ4v) is 3.13. The number of nitrogens with zero attached hydrogens (tertiary/aromatic N) is 2. The second kappa shape index (κ2) is 8.62. The third-order valence-electron chi connectivity index (χ3n) is 4.54. The molecular formula is C20H22ClFN2O2. The average Bonchev–Trinajstić information content (AvgIpc) is 2.64. The van der Waals surface area contributed by atoms with E-state index < -0.39 is 0 Å². The highest BCUT2D eigenvalue weighted by Crippen LogP contribution is 2.23. The number of halogens is 2. The van der Waals surface area contributed by atoms with Crippen LogP contribution in [-0.4, -0.2) is 49.0 Å². The summed E-state index contributed by atoms with van der Waals surface area (Å²) in [6, 6.07) is 14.1. The summed E-state index contributed by atoms with van der Waals surface area (Å²) >= 11 is 5.93. The minimum absolute atomic E-state index is 0.0370. The van der Waals surface area contributed by atoms with Crippen LogP contribution < -0.4 is 0 Å². The highest BCUT2D eigenvalue weighted by Gasteiger charge is 2.24. The van der Waals surface area contributed by atoms with Crippen molar-refractivity contribution in [2.24, 2.45) is 0 Å². The Hall–Kier alpha value is -1.95. The van der Waals surface area contributed by atoms with E-state index in [2.05, 4.69) is 4.90 Å². The van der Waals surface area contributed by atoms with Crippen LogP contribution in [0.15, 0.2) is 48.5 Å². The van der Waals surface area contributed by atoms with Gasteiger partial charge in [-0.15, -0.1) is 0 Å². The first kappa shape index (κ1) is 18.8. The molecule has 26 heavy (non-hydrogen) atoms. The minimum atomic E-state index is -0.290. The number of likely N-dealkylation sites (N-methyl/N-ethyl adjacent to an activating group) is 1. The summed E-state index contributed by atoms with van der Waals surface area (Å²) in [4.78, 5) is 16.2. The Balaban J connectivity index is 1.56. The van der Waals surface area contributed by atoms with Gasteiger partial charge in [0.15, 0.2) is 0 Å². The van der Waals surface area contributed by atoms with Crippen LogP contribution in [0, 0.1) is 5.82 Å². The maximum Gasteiger partial charge on any atom is 0.236 e. The second-order valence-electron chi connectivity index (χ2n) is 6.49. The van der Waals surface area contributed by atoms with E-state index in [0.29, 0.717) is 36.8 Å². The van der Waals surface area contributed by atoms with Crippen LogP contribution >= 0.6 is 11.6 Å². The van der Waals surface area contributed by atoms with Gasteiger partial charge < -0.3 is 9.64 Å². The number of rotatable bonds is 5. The molecule has 1 aliphatic heterocycles. The van der Waals surface area contributed by atoms with Gasteiger partial charge in [-0.25, -0.2) is 4.39 Å². The summed E-state index contributed by atoms with van der Waals surface area (Å²) in [6.45, 7) is 2.46. The molecule has 2 aromatic rings. The number of ether oxygens (including phenoxy) is 1. The van der Waals surface area contributed by atoms with E-state index in [9.17, 15) is 9.18 Å². The first-order chi connectivity index (χ1) is 12.5. The van der Waals surface area contributed by atoms with E-state index >= 15 is 0 Å². The lowest BCUT2D eigenvalue weighted by molar-refractivity contribution is -0.133. The molecule has 0 unspecified atom stereocenters. The summed E-state index contributed by atoms with van der Waals surface area (Å²) in [6.07, 6.45) is -0.0781. The summed E-state index contributed by atoms with van der Waals surface area (Å²) in [7, 11) is 1.70. The Kier molecular flexibility index (Phi) is 6.25. The minimum Gasteiger partial charge on any atom is -0.371 e. The van der Waals surface area contributed by atoms with Gasteiger partial charge in [0, 0.05) is 37.3 Å². The van der Waals surface area contributed by atoms with Gasteiger partial charge in [-0.2, -0.15) is 0 Å². The van der Waals surface area contributed by atoms with Gasteiger partial charge in [0.2, 0.25) is 5.91 Å². The Labute approximate surface area is 158 Å². The van der Waals surface area contributed by atoms with Crippen molar-refractivity contribution in [1.82, 2.24) is 9.80 Å². The third kappa shape index (κ3) is 4.81. The van der Waals surface area contributed by atoms with E-state index in [1.54, 1.807) is 30.1 Å². The molecule has 0 radical (unpaired) electrons. The van der Waals surface area contributed by atoms with Gasteiger partial charge in [-0.1, -0.05) is 41.9 Å². The summed E-state index contributed by atoms with van der Waals surface area (Å²) < 4.78 is 19.6. The van der Waals surface area contributed by atoms with Crippen molar-refractivity contribution in [1.29, 1.82) is 0 Å². The summed E-state index contributed by atoms with van der Waals surface area (Å²) in [5, 5.41) is 0.686. The zero-order valence-corrected chi connectivity index (χ0v) is 15.5. The standard InChI is InChI=1S/C20H22ClFN2O2/c1-23(12-16-4-2-3-5-18(16)22)20(25)14-24-10-11-26-19(13-24)15-6-8-17(21)9-7-15/h2-9,19H,10-14H2,1H3/t19-/m1/s1. The normalized spacial score (nSPS) is 17.9. The van der Waals surface area contributed by atoms with E-state index in [1.165, 1.54) is 6.07 Å². The Morgan fingerprint density at radius 3 is 2.73 bits per heavy atom. The molecule has 1 heterocycles. The molecule has 0 spiro atoms. The Bertz CT molecular complexity index is 754. The number of morpholine rings is 1. The van der Waals surface area contributed by atoms with Gasteiger partial charge in [0.1, 0.15) is 5.82 Å². The highest BCUT2D eigenvalue weighted by molar-refractivity contribution is 6.30. The molecule has 138 valence electrons. The predicted molar refractivity (Wildman–Crippen MR) is 99.5 cm³/mol. The van der Waals surface area contributed by atoms with Gasteiger partial charge >= 0.3 is 0 Å². The van der Waals surface area contributed by atoms with Crippen LogP contribution in [-0.2, 0) is 16.1 Å². The van der Waals surface area contributed by atoms with Crippen LogP contribution in [0.3, 0.4) is 0 Å². The first-order valence-electron chi connectivity index (χ1n) is 8.59. The number of hydrogen-bond donors (Lipinski definition) is 0. The molecule has 0 aliphatic carbocycles. The number of benzene rings is 2. The average molecular weight is 377 g/mol. The van der Waals surface area contributed by atoms with Crippen LogP contribution in [0.2, 0.25) is 5.02 Å². The number of amides is 1. The van der Waals surface area contributed by atoms with Gasteiger partial charge in [0.05, 0.1) is 19.3 Å². The van der Waals surface area contributed by atoms with Crippen LogP contribution in [0.1, 0.15) is 17.2 Å². The largest absolute Gasteiger partial charge is 0.371 e. The maximum atomic E-state index is 13.8. The Morgan fingerprint density at radius 1 is 1.27 bits per heavy atom. The smallest absolute Gasteiger partial charge is 0.236 e. The third-order valence-corrected chi connectivity index (χ3v) is 4.79. The molecule has 1 fully saturated rings. The quantitative estimate of drug-likeness (QED) is 0.800. The zero-order chi connectivity index (χ0) is 18.5. The van der Waals surface area contributed by atoms with Crippen molar-refractivity contribution < 1.29 is 13.9 Å². The van der Waals surface area contributed by atoms with Crippen LogP contribution in [0.4, 0.5) is 4.39 Å². The van der Waals surface area contributed by atoms with Gasteiger partial charge in [-0.3, -0.25) is 9.69 Å². The first-order valence-corrected chi connectivity index (χ1v) is 8.97. The molecular weight excluding hydrogens is 355 g/mol. The molecule has 0 aromatic heterocycles. The van der Waals surface area contributed by atoms with Crippen molar-refractivity contribution in [3.8, 4) is 0 Å². The van der Waals surface area contributed by atoms with E-state index in [-0.39, 0.29) is 24.4 Å². The van der Waals surface area contributed by atoms with E-state index in [1.807, 2.05) is 24.3 Å². The van der Waals surface area contributed by atoms with Crippen molar-refractivity contribution >= 4 is 17.5 Å². The molecule has 2 aromatic carbocycles. The molecule has 1 saturated heterocycles. The van der Waals surface area contributed by atoms with E-state index in [0.717, 1.165) is 5.56 Å². The van der Waals surface area contributed by atoms with Gasteiger partial charge in [-0.05, 0) is 23.8 Å². The van der Waals surface area contributed by atoms with Crippen LogP contribution in [0.25, 0.3) is 0 Å². The lowest BCUT2D eigenvalue weighted by atomic mass is 10.1. The van der Waals surface area contributed by atoms with Crippen molar-refractivity contribution in [3.63, 3.8) is 0 Å². The lowest BCUT2D eigenvalue weighted by Crippen LogP contribution is -2.44. The monoisotopic (exact) mass is 376 g/mol. The molecule has 1 aliphatic rings. The number of hydrogen-bond acceptors (Lipinski definition) is 3. The van der Waals surface area contributed by atoms with Crippen molar-refractivity contribution in [2.45, 2.75) is 12.6 Å². The molecule has 1 amide bonds. The molecule has 0 N–H and O–H groups in total. The second-order valence-corrected chi connectivity index (χ2v) is 6.92. The Morgan fingerprint density at radius 2 is 2.00 bits per heavy atom. The molecule has 3 rings (SSSR count). The van der Waals surface area contributed by atoms with Crippen molar-refractivity contribution in [3.05, 3.63) is 70.5 Å². The molecule has 0 saturated carbocycles. The summed E-state index contributed by atoms with van der Waals surface area (Å²) in [5.41, 5.74) is 1.57. The zero-order valence-electron chi connectivity index (χ0n) is 14.7. The molecule has 0 bridgehead atoms. The van der Waals surface area contributed by atoms with Crippen molar-refractivity contribution in [2.75, 3.05) is 33.3 Å². The van der Waals surface area contributed by atoms with Gasteiger partial charge in [0.25, 0.3) is 0 Å². The predicted octanol–water partition coefficient (Wildman–Crippen LogP) is 3.51. The fraction of sp³-hybridized carbons (Fsp3) is 0.350. The number of carbonyl (C=O) groups excluding carboxylic acids is 1. The lowest BCUT2D eigenvalue weighted by Gasteiger charge is -2.33.